The highest BCUT2D eigenvalue weighted by Crippen LogP contribution is 2.14. The lowest BCUT2D eigenvalue weighted by molar-refractivity contribution is -0.116. The first-order valence-corrected chi connectivity index (χ1v) is 8.54. The number of nitriles is 1. The van der Waals surface area contributed by atoms with Crippen molar-refractivity contribution >= 4 is 23.4 Å². The average Bonchev–Trinajstić information content (AvgIpc) is 2.76. The van der Waals surface area contributed by atoms with Crippen molar-refractivity contribution in [1.29, 1.82) is 5.26 Å². The largest absolute Gasteiger partial charge is 0.325 e. The molecule has 0 bridgehead atoms. The Bertz CT molecular complexity index is 504. The minimum absolute atomic E-state index is 0.0121. The van der Waals surface area contributed by atoms with Gasteiger partial charge < -0.3 is 10.2 Å². The van der Waals surface area contributed by atoms with Crippen LogP contribution in [0.5, 0.6) is 0 Å². The van der Waals surface area contributed by atoms with Crippen LogP contribution < -0.4 is 5.32 Å². The Morgan fingerprint density at radius 3 is 3.05 bits per heavy atom. The van der Waals surface area contributed by atoms with Crippen molar-refractivity contribution in [1.82, 2.24) is 4.90 Å². The van der Waals surface area contributed by atoms with Gasteiger partial charge in [0.2, 0.25) is 5.91 Å². The fourth-order valence-electron chi connectivity index (χ4n) is 2.39. The van der Waals surface area contributed by atoms with E-state index in [0.29, 0.717) is 17.7 Å². The molecule has 5 heteroatoms. The van der Waals surface area contributed by atoms with Gasteiger partial charge in [0.15, 0.2) is 0 Å². The second-order valence-electron chi connectivity index (χ2n) is 5.12. The van der Waals surface area contributed by atoms with Crippen molar-refractivity contribution in [2.75, 3.05) is 36.5 Å². The van der Waals surface area contributed by atoms with E-state index < -0.39 is 0 Å². The summed E-state index contributed by atoms with van der Waals surface area (Å²) in [6, 6.07) is 9.19. The summed E-state index contributed by atoms with van der Waals surface area (Å²) in [4.78, 5) is 14.4. The molecule has 0 aliphatic carbocycles. The number of carbonyl (C=O) groups excluding carboxylic acids is 1. The summed E-state index contributed by atoms with van der Waals surface area (Å²) in [6.45, 7) is 3.25. The van der Waals surface area contributed by atoms with Gasteiger partial charge in [0.1, 0.15) is 6.07 Å². The monoisotopic (exact) mass is 303 g/mol. The van der Waals surface area contributed by atoms with E-state index >= 15 is 0 Å². The molecule has 112 valence electrons. The molecule has 0 unspecified atom stereocenters. The number of nitrogens with one attached hydrogen (secondary N) is 1. The third-order valence-corrected chi connectivity index (χ3v) is 4.56. The van der Waals surface area contributed by atoms with E-state index in [0.717, 1.165) is 26.1 Å². The molecule has 1 aliphatic heterocycles. The number of hydrogen-bond acceptors (Lipinski definition) is 4. The Balaban J connectivity index is 1.73. The zero-order valence-electron chi connectivity index (χ0n) is 12.2. The minimum atomic E-state index is -0.0121. The van der Waals surface area contributed by atoms with E-state index in [2.05, 4.69) is 16.3 Å². The van der Waals surface area contributed by atoms with Crippen LogP contribution in [0.1, 0.15) is 24.8 Å². The molecule has 0 saturated carbocycles. The van der Waals surface area contributed by atoms with Crippen LogP contribution in [0.4, 0.5) is 5.69 Å². The summed E-state index contributed by atoms with van der Waals surface area (Å²) in [6.07, 6.45) is 2.61. The molecule has 1 fully saturated rings. The molecule has 21 heavy (non-hydrogen) atoms. The van der Waals surface area contributed by atoms with Crippen LogP contribution in [0.15, 0.2) is 24.3 Å². The maximum absolute atomic E-state index is 11.9. The van der Waals surface area contributed by atoms with E-state index in [1.165, 1.54) is 17.9 Å². The maximum atomic E-state index is 11.9. The van der Waals surface area contributed by atoms with Gasteiger partial charge in [0, 0.05) is 18.7 Å². The van der Waals surface area contributed by atoms with Crippen molar-refractivity contribution in [2.45, 2.75) is 19.3 Å². The Hall–Kier alpha value is -1.51. The van der Waals surface area contributed by atoms with E-state index in [-0.39, 0.29) is 5.91 Å². The molecule has 1 N–H and O–H groups in total. The molecule has 0 radical (unpaired) electrons. The number of anilines is 1. The summed E-state index contributed by atoms with van der Waals surface area (Å²) >= 11 is 2.01. The molecule has 1 aromatic carbocycles. The number of carbonyl (C=O) groups is 1. The third-order valence-electron chi connectivity index (χ3n) is 3.51. The first-order chi connectivity index (χ1) is 10.3. The molecule has 0 atom stereocenters. The standard InChI is InChI=1S/C16H21N3OS/c17-13-14-5-1-2-6-15(14)18-16(20)7-3-8-19-9-4-11-21-12-10-19/h1-2,5-6H,3-4,7-12H2,(H,18,20). The predicted molar refractivity (Wildman–Crippen MR) is 87.4 cm³/mol. The Kier molecular flexibility index (Phi) is 6.58. The second kappa shape index (κ2) is 8.71. The van der Waals surface area contributed by atoms with Gasteiger partial charge in [-0.1, -0.05) is 12.1 Å². The Labute approximate surface area is 130 Å². The molecule has 1 aliphatic rings. The summed E-state index contributed by atoms with van der Waals surface area (Å²) in [5.41, 5.74) is 1.12. The fourth-order valence-corrected chi connectivity index (χ4v) is 3.31. The Morgan fingerprint density at radius 2 is 2.19 bits per heavy atom. The maximum Gasteiger partial charge on any atom is 0.224 e. The lowest BCUT2D eigenvalue weighted by Gasteiger charge is -2.18. The van der Waals surface area contributed by atoms with Gasteiger partial charge in [0.05, 0.1) is 11.3 Å². The van der Waals surface area contributed by atoms with Crippen LogP contribution in [-0.4, -0.2) is 41.9 Å². The van der Waals surface area contributed by atoms with Crippen LogP contribution >= 0.6 is 11.8 Å². The number of hydrogen-bond donors (Lipinski definition) is 1. The van der Waals surface area contributed by atoms with E-state index in [9.17, 15) is 4.79 Å². The summed E-state index contributed by atoms with van der Waals surface area (Å²) in [5.74, 6) is 2.44. The van der Waals surface area contributed by atoms with Crippen LogP contribution in [0, 0.1) is 11.3 Å². The lowest BCUT2D eigenvalue weighted by Crippen LogP contribution is -2.28. The first kappa shape index (κ1) is 15.9. The van der Waals surface area contributed by atoms with Crippen molar-refractivity contribution in [3.63, 3.8) is 0 Å². The van der Waals surface area contributed by atoms with E-state index in [4.69, 9.17) is 5.26 Å². The SMILES string of the molecule is N#Cc1ccccc1NC(=O)CCCN1CCCSCC1. The quantitative estimate of drug-likeness (QED) is 0.908. The molecule has 2 rings (SSSR count). The number of amides is 1. The van der Waals surface area contributed by atoms with Gasteiger partial charge in [-0.05, 0) is 43.8 Å². The number of para-hydroxylation sites is 1. The van der Waals surface area contributed by atoms with Crippen LogP contribution in [0.3, 0.4) is 0 Å². The predicted octanol–water partition coefficient (Wildman–Crippen LogP) is 2.72. The molecule has 1 amide bonds. The van der Waals surface area contributed by atoms with Crippen molar-refractivity contribution < 1.29 is 4.79 Å². The lowest BCUT2D eigenvalue weighted by atomic mass is 10.2. The van der Waals surface area contributed by atoms with Gasteiger partial charge in [-0.15, -0.1) is 0 Å². The van der Waals surface area contributed by atoms with Crippen LogP contribution in [-0.2, 0) is 4.79 Å². The normalized spacial score (nSPS) is 16.0. The van der Waals surface area contributed by atoms with Crippen molar-refractivity contribution in [2.24, 2.45) is 0 Å². The minimum Gasteiger partial charge on any atom is -0.325 e. The number of benzene rings is 1. The zero-order chi connectivity index (χ0) is 14.9. The number of rotatable bonds is 5. The highest BCUT2D eigenvalue weighted by Gasteiger charge is 2.10. The van der Waals surface area contributed by atoms with E-state index in [1.54, 1.807) is 18.2 Å². The average molecular weight is 303 g/mol. The number of nitrogens with zero attached hydrogens (tertiary/aromatic N) is 2. The van der Waals surface area contributed by atoms with Gasteiger partial charge in [0.25, 0.3) is 0 Å². The number of thioether (sulfide) groups is 1. The fraction of sp³-hybridized carbons (Fsp3) is 0.500. The van der Waals surface area contributed by atoms with Crippen LogP contribution in [0.25, 0.3) is 0 Å². The molecule has 1 aromatic rings. The summed E-state index contributed by atoms with van der Waals surface area (Å²) in [7, 11) is 0. The third kappa shape index (κ3) is 5.41. The molecule has 0 aromatic heterocycles. The molecule has 0 spiro atoms. The Morgan fingerprint density at radius 1 is 1.33 bits per heavy atom. The van der Waals surface area contributed by atoms with Gasteiger partial charge in [-0.3, -0.25) is 4.79 Å². The molecule has 1 heterocycles. The smallest absolute Gasteiger partial charge is 0.224 e. The summed E-state index contributed by atoms with van der Waals surface area (Å²) < 4.78 is 0. The van der Waals surface area contributed by atoms with Gasteiger partial charge in [-0.2, -0.15) is 17.0 Å². The van der Waals surface area contributed by atoms with Gasteiger partial charge >= 0.3 is 0 Å². The van der Waals surface area contributed by atoms with Crippen LogP contribution in [0.2, 0.25) is 0 Å². The van der Waals surface area contributed by atoms with Crippen molar-refractivity contribution in [3.05, 3.63) is 29.8 Å². The van der Waals surface area contributed by atoms with E-state index in [1.807, 2.05) is 17.8 Å². The highest BCUT2D eigenvalue weighted by molar-refractivity contribution is 7.99. The molecule has 4 nitrogen and oxygen atoms in total. The van der Waals surface area contributed by atoms with Gasteiger partial charge in [-0.25, -0.2) is 0 Å². The van der Waals surface area contributed by atoms with Crippen molar-refractivity contribution in [3.8, 4) is 6.07 Å². The molecular formula is C16H21N3OS. The highest BCUT2D eigenvalue weighted by atomic mass is 32.2. The first-order valence-electron chi connectivity index (χ1n) is 7.38. The second-order valence-corrected chi connectivity index (χ2v) is 6.34. The topological polar surface area (TPSA) is 56.1 Å². The zero-order valence-corrected chi connectivity index (χ0v) is 13.0. The molecular weight excluding hydrogens is 282 g/mol. The summed E-state index contributed by atoms with van der Waals surface area (Å²) in [5, 5.41) is 11.8. The molecule has 1 saturated heterocycles.